The van der Waals surface area contributed by atoms with Crippen molar-refractivity contribution < 1.29 is 23.8 Å². The first-order chi connectivity index (χ1) is 14.0. The minimum absolute atomic E-state index is 0.0475. The number of aliphatic hydroxyl groups is 1. The molecule has 0 saturated heterocycles. The minimum Gasteiger partial charge on any atom is -0.493 e. The molecular formula is C22H23NO6. The number of hydrogen-bond donors (Lipinski definition) is 2. The fourth-order valence-corrected chi connectivity index (χ4v) is 3.20. The van der Waals surface area contributed by atoms with Gasteiger partial charge in [-0.05, 0) is 30.2 Å². The molecule has 1 atom stereocenters. The molecule has 152 valence electrons. The van der Waals surface area contributed by atoms with Crippen LogP contribution in [-0.2, 0) is 11.2 Å². The van der Waals surface area contributed by atoms with Crippen LogP contribution in [0.3, 0.4) is 0 Å². The van der Waals surface area contributed by atoms with E-state index in [1.54, 1.807) is 31.2 Å². The Morgan fingerprint density at radius 3 is 2.52 bits per heavy atom. The first-order valence-corrected chi connectivity index (χ1v) is 9.13. The summed E-state index contributed by atoms with van der Waals surface area (Å²) in [4.78, 5) is 24.9. The molecule has 3 rings (SSSR count). The number of carbonyl (C=O) groups excluding carboxylic acids is 1. The molecule has 0 aliphatic heterocycles. The van der Waals surface area contributed by atoms with Crippen LogP contribution in [0.2, 0.25) is 0 Å². The molecule has 1 aromatic heterocycles. The summed E-state index contributed by atoms with van der Waals surface area (Å²) in [5.74, 6) is 0.394. The number of hydrogen-bond acceptors (Lipinski definition) is 6. The molecule has 7 heteroatoms. The van der Waals surface area contributed by atoms with E-state index in [0.717, 1.165) is 0 Å². The standard InChI is InChI=1S/C22H23NO6/c1-13-15-9-10-18(27-2)21(28-3)20(15)29-22(26)16(13)11-19(25)23-12-17(24)14-7-5-4-6-8-14/h4-10,17,24H,11-12H2,1-3H3,(H,23,25)/t17-/m1/s1. The van der Waals surface area contributed by atoms with Crippen molar-refractivity contribution in [1.82, 2.24) is 5.32 Å². The molecule has 0 spiro atoms. The highest BCUT2D eigenvalue weighted by Gasteiger charge is 2.19. The normalized spacial score (nSPS) is 11.9. The largest absolute Gasteiger partial charge is 0.493 e. The third-order valence-corrected chi connectivity index (χ3v) is 4.81. The van der Waals surface area contributed by atoms with Gasteiger partial charge in [0.1, 0.15) is 0 Å². The van der Waals surface area contributed by atoms with Crippen LogP contribution in [-0.4, -0.2) is 31.8 Å². The maximum Gasteiger partial charge on any atom is 0.340 e. The van der Waals surface area contributed by atoms with Crippen LogP contribution in [0.1, 0.15) is 22.8 Å². The molecule has 2 aromatic carbocycles. The summed E-state index contributed by atoms with van der Waals surface area (Å²) >= 11 is 0. The second-order valence-electron chi connectivity index (χ2n) is 6.58. The highest BCUT2D eigenvalue weighted by atomic mass is 16.5. The molecule has 0 aliphatic rings. The van der Waals surface area contributed by atoms with E-state index < -0.39 is 11.7 Å². The van der Waals surface area contributed by atoms with Crippen LogP contribution in [0.25, 0.3) is 11.0 Å². The quantitative estimate of drug-likeness (QED) is 0.595. The summed E-state index contributed by atoms with van der Waals surface area (Å²) in [5.41, 5.74) is 1.26. The van der Waals surface area contributed by atoms with Gasteiger partial charge in [0.25, 0.3) is 0 Å². The van der Waals surface area contributed by atoms with Gasteiger partial charge in [-0.2, -0.15) is 0 Å². The summed E-state index contributed by atoms with van der Waals surface area (Å²) < 4.78 is 16.0. The van der Waals surface area contributed by atoms with E-state index in [2.05, 4.69) is 5.32 Å². The van der Waals surface area contributed by atoms with Gasteiger partial charge in [-0.25, -0.2) is 4.79 Å². The Bertz CT molecular complexity index is 1070. The van der Waals surface area contributed by atoms with Crippen molar-refractivity contribution in [3.8, 4) is 11.5 Å². The number of amides is 1. The van der Waals surface area contributed by atoms with Crippen LogP contribution in [0.15, 0.2) is 51.7 Å². The third kappa shape index (κ3) is 4.25. The number of carbonyl (C=O) groups is 1. The zero-order chi connectivity index (χ0) is 21.0. The first kappa shape index (κ1) is 20.4. The lowest BCUT2D eigenvalue weighted by atomic mass is 10.0. The number of ether oxygens (including phenoxy) is 2. The monoisotopic (exact) mass is 397 g/mol. The Morgan fingerprint density at radius 1 is 1.14 bits per heavy atom. The van der Waals surface area contributed by atoms with Crippen LogP contribution in [0.4, 0.5) is 0 Å². The fraction of sp³-hybridized carbons (Fsp3) is 0.273. The lowest BCUT2D eigenvalue weighted by Gasteiger charge is -2.14. The van der Waals surface area contributed by atoms with Crippen molar-refractivity contribution in [3.05, 3.63) is 69.6 Å². The topological polar surface area (TPSA) is 98.0 Å². The second kappa shape index (κ2) is 8.79. The zero-order valence-corrected chi connectivity index (χ0v) is 16.5. The van der Waals surface area contributed by atoms with E-state index in [-0.39, 0.29) is 30.0 Å². The van der Waals surface area contributed by atoms with Crippen molar-refractivity contribution in [2.24, 2.45) is 0 Å². The molecule has 0 unspecified atom stereocenters. The van der Waals surface area contributed by atoms with Crippen molar-refractivity contribution in [2.75, 3.05) is 20.8 Å². The maximum atomic E-state index is 12.5. The maximum absolute atomic E-state index is 12.5. The van der Waals surface area contributed by atoms with Crippen LogP contribution >= 0.6 is 0 Å². The van der Waals surface area contributed by atoms with Gasteiger partial charge in [-0.15, -0.1) is 0 Å². The van der Waals surface area contributed by atoms with E-state index in [1.165, 1.54) is 14.2 Å². The highest BCUT2D eigenvalue weighted by molar-refractivity contribution is 5.89. The molecule has 0 aliphatic carbocycles. The summed E-state index contributed by atoms with van der Waals surface area (Å²) in [6, 6.07) is 12.5. The van der Waals surface area contributed by atoms with E-state index in [0.29, 0.717) is 28.0 Å². The first-order valence-electron chi connectivity index (χ1n) is 9.13. The number of aryl methyl sites for hydroxylation is 1. The van der Waals surface area contributed by atoms with Gasteiger partial charge < -0.3 is 24.3 Å². The van der Waals surface area contributed by atoms with Crippen LogP contribution in [0, 0.1) is 6.92 Å². The van der Waals surface area contributed by atoms with Crippen LogP contribution in [0.5, 0.6) is 11.5 Å². The van der Waals surface area contributed by atoms with Gasteiger partial charge in [-0.3, -0.25) is 4.79 Å². The smallest absolute Gasteiger partial charge is 0.340 e. The zero-order valence-electron chi connectivity index (χ0n) is 16.5. The third-order valence-electron chi connectivity index (χ3n) is 4.81. The van der Waals surface area contributed by atoms with E-state index >= 15 is 0 Å². The molecular weight excluding hydrogens is 374 g/mol. The average molecular weight is 397 g/mol. The van der Waals surface area contributed by atoms with Gasteiger partial charge in [0, 0.05) is 11.9 Å². The lowest BCUT2D eigenvalue weighted by molar-refractivity contribution is -0.120. The van der Waals surface area contributed by atoms with E-state index in [1.807, 2.05) is 18.2 Å². The van der Waals surface area contributed by atoms with Gasteiger partial charge in [0.05, 0.1) is 32.3 Å². The molecule has 2 N–H and O–H groups in total. The number of aliphatic hydroxyl groups excluding tert-OH is 1. The SMILES string of the molecule is COc1ccc2c(C)c(CC(=O)NC[C@@H](O)c3ccccc3)c(=O)oc2c1OC. The van der Waals surface area contributed by atoms with Gasteiger partial charge >= 0.3 is 5.63 Å². The minimum atomic E-state index is -0.828. The van der Waals surface area contributed by atoms with Crippen molar-refractivity contribution in [3.63, 3.8) is 0 Å². The summed E-state index contributed by atoms with van der Waals surface area (Å²) in [6.07, 6.45) is -0.981. The number of nitrogens with one attached hydrogen (secondary N) is 1. The second-order valence-corrected chi connectivity index (χ2v) is 6.58. The molecule has 0 radical (unpaired) electrons. The predicted molar refractivity (Wildman–Crippen MR) is 108 cm³/mol. The molecule has 29 heavy (non-hydrogen) atoms. The molecule has 3 aromatic rings. The molecule has 1 amide bonds. The van der Waals surface area contributed by atoms with Crippen molar-refractivity contribution in [2.45, 2.75) is 19.4 Å². The van der Waals surface area contributed by atoms with E-state index in [4.69, 9.17) is 13.9 Å². The summed E-state index contributed by atoms with van der Waals surface area (Å²) in [7, 11) is 2.96. The highest BCUT2D eigenvalue weighted by Crippen LogP contribution is 2.36. The van der Waals surface area contributed by atoms with Crippen molar-refractivity contribution >= 4 is 16.9 Å². The summed E-state index contributed by atoms with van der Waals surface area (Å²) in [6.45, 7) is 1.80. The summed E-state index contributed by atoms with van der Waals surface area (Å²) in [5, 5.41) is 13.5. The van der Waals surface area contributed by atoms with Gasteiger partial charge in [0.2, 0.25) is 11.7 Å². The average Bonchev–Trinajstić information content (AvgIpc) is 2.74. The van der Waals surface area contributed by atoms with Crippen molar-refractivity contribution in [1.29, 1.82) is 0 Å². The Hall–Kier alpha value is -3.32. The van der Waals surface area contributed by atoms with Gasteiger partial charge in [-0.1, -0.05) is 30.3 Å². The number of methoxy groups -OCH3 is 2. The molecule has 0 saturated carbocycles. The molecule has 1 heterocycles. The molecule has 0 fully saturated rings. The predicted octanol–water partition coefficient (Wildman–Crippen LogP) is 2.51. The lowest BCUT2D eigenvalue weighted by Crippen LogP contribution is -2.31. The Morgan fingerprint density at radius 2 is 1.86 bits per heavy atom. The Kier molecular flexibility index (Phi) is 6.19. The van der Waals surface area contributed by atoms with E-state index in [9.17, 15) is 14.7 Å². The van der Waals surface area contributed by atoms with Gasteiger partial charge in [0.15, 0.2) is 11.3 Å². The fourth-order valence-electron chi connectivity index (χ4n) is 3.20. The molecule has 7 nitrogen and oxygen atoms in total. The Labute approximate surface area is 167 Å². The number of benzene rings is 2. The number of rotatable bonds is 7. The molecule has 0 bridgehead atoms. The van der Waals surface area contributed by atoms with Crippen LogP contribution < -0.4 is 20.4 Å². The Balaban J connectivity index is 1.81. The number of fused-ring (bicyclic) bond motifs is 1.